The molecule has 370 valence electrons. The van der Waals surface area contributed by atoms with Gasteiger partial charge in [0, 0.05) is 87.5 Å². The molecule has 69 heavy (non-hydrogen) atoms. The number of nitrogens with zero attached hydrogens (tertiary/aromatic N) is 5. The lowest BCUT2D eigenvalue weighted by molar-refractivity contribution is -0.155. The minimum atomic E-state index is -1.01. The highest BCUT2D eigenvalue weighted by Crippen LogP contribution is 2.42. The standard InChI is InChI=1S/C53H66N6O8.C2H6/c1-9-59-44-20-19-37-28-41(44)42(48(59)40-17-11-22-54-46(40)34(4)66-8)29-53(5,6)32-67-52(65)39-16-12-23-58(31-39)51(64)43(27-35-14-10-15-36(37)26-35)55-49(62)47(33(2)3)56(7)50(63)38-21-24-57(30-38)45(61)18-13-25-60;1-2/h10-11,13-15,17-20,22,25-26,28,33-34,38-39,43,47H,9,12,16,21,23-24,27,29-32H2,1-8H3,(H,55,62);1-2H3/b18-13+;. The number of aldehydes is 1. The molecule has 0 radical (unpaired) electrons. The molecule has 14 nitrogen and oxygen atoms in total. The van der Waals surface area contributed by atoms with Gasteiger partial charge in [-0.3, -0.25) is 33.8 Å². The van der Waals surface area contributed by atoms with Crippen molar-refractivity contribution >= 4 is 46.8 Å². The lowest BCUT2D eigenvalue weighted by atomic mass is 9.84. The third kappa shape index (κ3) is 11.7. The maximum absolute atomic E-state index is 14.8. The molecule has 2 aromatic carbocycles. The fourth-order valence-corrected chi connectivity index (χ4v) is 10.3. The van der Waals surface area contributed by atoms with Crippen LogP contribution in [0.25, 0.3) is 33.3 Å². The summed E-state index contributed by atoms with van der Waals surface area (Å²) in [5.41, 5.74) is 7.35. The Labute approximate surface area is 407 Å². The number of amides is 4. The molecule has 3 aliphatic rings. The number of allylic oxidation sites excluding steroid dienone is 1. The molecule has 7 rings (SSSR count). The third-order valence-corrected chi connectivity index (χ3v) is 13.8. The van der Waals surface area contributed by atoms with E-state index in [2.05, 4.69) is 67.1 Å². The van der Waals surface area contributed by atoms with Crippen LogP contribution < -0.4 is 5.32 Å². The molecule has 0 aliphatic carbocycles. The van der Waals surface area contributed by atoms with Crippen molar-refractivity contribution in [3.63, 3.8) is 0 Å². The Morgan fingerprint density at radius 3 is 2.46 bits per heavy atom. The van der Waals surface area contributed by atoms with Crippen molar-refractivity contribution in [1.82, 2.24) is 29.6 Å². The predicted molar refractivity (Wildman–Crippen MR) is 268 cm³/mol. The molecule has 3 aliphatic heterocycles. The molecule has 2 fully saturated rings. The second kappa shape index (κ2) is 23.0. The van der Waals surface area contributed by atoms with Gasteiger partial charge in [-0.15, -0.1) is 0 Å². The average Bonchev–Trinajstić information content (AvgIpc) is 3.97. The van der Waals surface area contributed by atoms with Crippen molar-refractivity contribution in [2.24, 2.45) is 23.2 Å². The van der Waals surface area contributed by atoms with Crippen molar-refractivity contribution in [1.29, 1.82) is 0 Å². The van der Waals surface area contributed by atoms with Crippen molar-refractivity contribution in [3.8, 4) is 22.4 Å². The number of carbonyl (C=O) groups excluding carboxylic acids is 6. The average molecular weight is 945 g/mol. The number of aryl methyl sites for hydroxylation is 1. The van der Waals surface area contributed by atoms with E-state index in [1.54, 1.807) is 25.3 Å². The smallest absolute Gasteiger partial charge is 0.310 e. The zero-order chi connectivity index (χ0) is 50.2. The number of benzene rings is 2. The van der Waals surface area contributed by atoms with E-state index in [-0.39, 0.29) is 61.8 Å². The number of methoxy groups -OCH3 is 1. The number of likely N-dealkylation sites (N-methyl/N-ethyl adjacent to an activating group) is 1. The predicted octanol–water partition coefficient (Wildman–Crippen LogP) is 7.60. The molecule has 2 saturated heterocycles. The van der Waals surface area contributed by atoms with Gasteiger partial charge in [0.25, 0.3) is 0 Å². The van der Waals surface area contributed by atoms with Crippen LogP contribution in [0.4, 0.5) is 0 Å². The SMILES string of the molecule is CC.CCn1c(-c2cccnc2C(C)OC)c2c3cc(ccc31)-c1cccc(c1)CC(NC(=O)C(C(C)C)N(C)C(=O)C1CCN(C(=O)/C=C/C=O)C1)C(=O)N1CCCC(C1)C(=O)OCC(C)(C)C2. The van der Waals surface area contributed by atoms with Gasteiger partial charge in [-0.05, 0) is 98.0 Å². The number of hydrogen-bond acceptors (Lipinski definition) is 9. The van der Waals surface area contributed by atoms with Gasteiger partial charge in [-0.1, -0.05) is 71.9 Å². The normalized spacial score (nSPS) is 20.4. The van der Waals surface area contributed by atoms with Crippen molar-refractivity contribution in [2.45, 2.75) is 112 Å². The van der Waals surface area contributed by atoms with E-state index in [1.807, 2.05) is 52.8 Å². The number of piperidine rings is 1. The van der Waals surface area contributed by atoms with Crippen LogP contribution in [0.1, 0.15) is 97.6 Å². The van der Waals surface area contributed by atoms with Crippen LogP contribution in [0.5, 0.6) is 0 Å². The number of rotatable bonds is 11. The quantitative estimate of drug-likeness (QED) is 0.0908. The van der Waals surface area contributed by atoms with E-state index >= 15 is 0 Å². The summed E-state index contributed by atoms with van der Waals surface area (Å²) < 4.78 is 14.3. The summed E-state index contributed by atoms with van der Waals surface area (Å²) in [7, 11) is 3.28. The number of aromatic nitrogens is 2. The van der Waals surface area contributed by atoms with Crippen LogP contribution in [0.2, 0.25) is 0 Å². The van der Waals surface area contributed by atoms with E-state index in [1.165, 1.54) is 15.9 Å². The van der Waals surface area contributed by atoms with Gasteiger partial charge >= 0.3 is 5.97 Å². The first-order chi connectivity index (χ1) is 33.0. The molecule has 4 aromatic rings. The summed E-state index contributed by atoms with van der Waals surface area (Å²) in [5.74, 6) is -3.15. The van der Waals surface area contributed by atoms with E-state index in [4.69, 9.17) is 14.5 Å². The Morgan fingerprint density at radius 2 is 1.75 bits per heavy atom. The fraction of sp³-hybridized carbons (Fsp3) is 0.509. The van der Waals surface area contributed by atoms with Crippen molar-refractivity contribution < 1.29 is 38.2 Å². The Kier molecular flexibility index (Phi) is 17.4. The van der Waals surface area contributed by atoms with E-state index in [9.17, 15) is 28.8 Å². The van der Waals surface area contributed by atoms with E-state index in [0.29, 0.717) is 51.6 Å². The van der Waals surface area contributed by atoms with Gasteiger partial charge in [-0.2, -0.15) is 0 Å². The van der Waals surface area contributed by atoms with E-state index < -0.39 is 35.2 Å². The van der Waals surface area contributed by atoms with Crippen LogP contribution in [-0.4, -0.2) is 119 Å². The number of cyclic esters (lactones) is 1. The summed E-state index contributed by atoms with van der Waals surface area (Å²) in [6.45, 7) is 18.1. The van der Waals surface area contributed by atoms with E-state index in [0.717, 1.165) is 56.2 Å². The molecular weight excluding hydrogens is 873 g/mol. The fourth-order valence-electron chi connectivity index (χ4n) is 10.3. The van der Waals surface area contributed by atoms with Crippen LogP contribution in [0.15, 0.2) is 72.9 Å². The summed E-state index contributed by atoms with van der Waals surface area (Å²) in [6.07, 6.45) is 6.74. The van der Waals surface area contributed by atoms with Crippen LogP contribution >= 0.6 is 0 Å². The molecule has 0 saturated carbocycles. The first kappa shape index (κ1) is 52.2. The summed E-state index contributed by atoms with van der Waals surface area (Å²) in [4.78, 5) is 90.1. The second-order valence-electron chi connectivity index (χ2n) is 19.6. The van der Waals surface area contributed by atoms with Gasteiger partial charge in [0.05, 0.1) is 35.9 Å². The number of likely N-dealkylation sites (tertiary alicyclic amines) is 1. The number of hydrogen-bond donors (Lipinski definition) is 1. The summed E-state index contributed by atoms with van der Waals surface area (Å²) in [6, 6.07) is 16.7. The highest BCUT2D eigenvalue weighted by molar-refractivity contribution is 5.96. The number of esters is 1. The summed E-state index contributed by atoms with van der Waals surface area (Å²) in [5, 5.41) is 4.16. The lowest BCUT2D eigenvalue weighted by Gasteiger charge is -2.36. The topological polar surface area (TPSA) is 160 Å². The molecule has 1 N–H and O–H groups in total. The Balaban J connectivity index is 0.00000386. The Bertz CT molecular complexity index is 2550. The van der Waals surface area contributed by atoms with Gasteiger partial charge in [0.15, 0.2) is 0 Å². The zero-order valence-electron chi connectivity index (χ0n) is 42.2. The number of nitrogens with one attached hydrogen (secondary N) is 1. The maximum atomic E-state index is 14.8. The second-order valence-corrected chi connectivity index (χ2v) is 19.6. The highest BCUT2D eigenvalue weighted by atomic mass is 16.5. The van der Waals surface area contributed by atoms with Gasteiger partial charge < -0.3 is 34.1 Å². The highest BCUT2D eigenvalue weighted by Gasteiger charge is 2.40. The van der Waals surface area contributed by atoms with Crippen LogP contribution in [0.3, 0.4) is 0 Å². The third-order valence-electron chi connectivity index (χ3n) is 13.8. The van der Waals surface area contributed by atoms with Crippen molar-refractivity contribution in [3.05, 3.63) is 89.8 Å². The number of carbonyl (C=O) groups is 6. The van der Waals surface area contributed by atoms with Gasteiger partial charge in [-0.25, -0.2) is 0 Å². The number of fused-ring (bicyclic) bond motifs is 6. The monoisotopic (exact) mass is 945 g/mol. The van der Waals surface area contributed by atoms with Crippen LogP contribution in [-0.2, 0) is 57.6 Å². The van der Waals surface area contributed by atoms with Crippen LogP contribution in [0, 0.1) is 23.2 Å². The molecular formula is C55H72N6O8. The molecule has 5 atom stereocenters. The molecule has 4 amide bonds. The molecule has 5 heterocycles. The van der Waals surface area contributed by atoms with Crippen molar-refractivity contribution in [2.75, 3.05) is 46.9 Å². The maximum Gasteiger partial charge on any atom is 0.310 e. The molecule has 14 heteroatoms. The first-order valence-electron chi connectivity index (χ1n) is 24.7. The Hall–Kier alpha value is -6.15. The zero-order valence-corrected chi connectivity index (χ0v) is 42.2. The first-order valence-corrected chi connectivity index (χ1v) is 24.7. The minimum absolute atomic E-state index is 0.158. The molecule has 5 unspecified atom stereocenters. The summed E-state index contributed by atoms with van der Waals surface area (Å²) >= 11 is 0. The number of pyridine rings is 1. The number of ether oxygens (including phenoxy) is 2. The Morgan fingerprint density at radius 1 is 1.00 bits per heavy atom. The van der Waals surface area contributed by atoms with Gasteiger partial charge in [0.1, 0.15) is 18.4 Å². The molecule has 6 bridgehead atoms. The van der Waals surface area contributed by atoms with Gasteiger partial charge in [0.2, 0.25) is 23.6 Å². The molecule has 2 aromatic heterocycles. The lowest BCUT2D eigenvalue weighted by Crippen LogP contribution is -2.58. The molecule has 0 spiro atoms. The largest absolute Gasteiger partial charge is 0.465 e. The minimum Gasteiger partial charge on any atom is -0.465 e.